The van der Waals surface area contributed by atoms with Gasteiger partial charge in [0, 0.05) is 43.2 Å². The van der Waals surface area contributed by atoms with Gasteiger partial charge >= 0.3 is 0 Å². The zero-order valence-corrected chi connectivity index (χ0v) is 12.3. The van der Waals surface area contributed by atoms with Crippen LogP contribution in [0.4, 0.5) is 0 Å². The summed E-state index contributed by atoms with van der Waals surface area (Å²) in [4.78, 5) is 13.7. The number of carbonyl (C=O) groups is 1. The highest BCUT2D eigenvalue weighted by Gasteiger charge is 2.17. The summed E-state index contributed by atoms with van der Waals surface area (Å²) in [5.74, 6) is 0.197. The van der Waals surface area contributed by atoms with Crippen LogP contribution in [0, 0.1) is 0 Å². The molecule has 2 N–H and O–H groups in total. The van der Waals surface area contributed by atoms with Gasteiger partial charge in [-0.2, -0.15) is 0 Å². The van der Waals surface area contributed by atoms with Gasteiger partial charge in [0.1, 0.15) is 0 Å². The molecule has 110 valence electrons. The topological polar surface area (TPSA) is 52.6 Å². The Morgan fingerprint density at radius 3 is 2.75 bits per heavy atom. The first-order chi connectivity index (χ1) is 9.68. The molecule has 0 aromatic heterocycles. The number of nitrogens with one attached hydrogen (secondary N) is 1. The molecule has 1 saturated heterocycles. The van der Waals surface area contributed by atoms with Crippen LogP contribution in [0.3, 0.4) is 0 Å². The summed E-state index contributed by atoms with van der Waals surface area (Å²) >= 11 is 6.02. The molecule has 0 aliphatic carbocycles. The third kappa shape index (κ3) is 4.20. The Morgan fingerprint density at radius 1 is 1.35 bits per heavy atom. The third-order valence-electron chi connectivity index (χ3n) is 3.58. The molecule has 4 nitrogen and oxygen atoms in total. The van der Waals surface area contributed by atoms with Crippen molar-refractivity contribution < 1.29 is 9.90 Å². The minimum Gasteiger partial charge on any atom is -0.387 e. The lowest BCUT2D eigenvalue weighted by atomic mass is 10.1. The number of hydrogen-bond donors (Lipinski definition) is 2. The van der Waals surface area contributed by atoms with Crippen LogP contribution in [0.5, 0.6) is 0 Å². The molecule has 1 heterocycles. The van der Waals surface area contributed by atoms with E-state index in [4.69, 9.17) is 11.6 Å². The van der Waals surface area contributed by atoms with Gasteiger partial charge in [-0.15, -0.1) is 0 Å². The van der Waals surface area contributed by atoms with Crippen LogP contribution in [-0.4, -0.2) is 42.1 Å². The minimum absolute atomic E-state index is 0.197. The highest BCUT2D eigenvalue weighted by atomic mass is 35.5. The molecule has 1 unspecified atom stereocenters. The predicted octanol–water partition coefficient (Wildman–Crippen LogP) is 1.98. The monoisotopic (exact) mass is 296 g/mol. The largest absolute Gasteiger partial charge is 0.387 e. The highest BCUT2D eigenvalue weighted by Crippen LogP contribution is 2.21. The van der Waals surface area contributed by atoms with Gasteiger partial charge in [0.15, 0.2) is 0 Å². The molecule has 1 fully saturated rings. The minimum atomic E-state index is -0.648. The zero-order valence-electron chi connectivity index (χ0n) is 11.5. The Balaban J connectivity index is 1.68. The van der Waals surface area contributed by atoms with Crippen LogP contribution in [0.15, 0.2) is 24.3 Å². The lowest BCUT2D eigenvalue weighted by molar-refractivity contribution is -0.130. The number of carbonyl (C=O) groups excluding carboxylic acids is 1. The number of aliphatic hydroxyl groups excluding tert-OH is 1. The first-order valence-corrected chi connectivity index (χ1v) is 7.47. The molecule has 0 radical (unpaired) electrons. The summed E-state index contributed by atoms with van der Waals surface area (Å²) in [6.45, 7) is 2.76. The number of halogens is 1. The Morgan fingerprint density at radius 2 is 2.05 bits per heavy atom. The first-order valence-electron chi connectivity index (χ1n) is 7.09. The molecule has 2 rings (SSSR count). The van der Waals surface area contributed by atoms with Crippen molar-refractivity contribution in [2.75, 3.05) is 26.2 Å². The molecule has 0 saturated carbocycles. The van der Waals surface area contributed by atoms with E-state index in [0.717, 1.165) is 25.9 Å². The average molecular weight is 297 g/mol. The third-order valence-corrected chi connectivity index (χ3v) is 3.92. The zero-order chi connectivity index (χ0) is 14.4. The van der Waals surface area contributed by atoms with Gasteiger partial charge in [0.2, 0.25) is 5.91 Å². The van der Waals surface area contributed by atoms with E-state index in [0.29, 0.717) is 30.1 Å². The second-order valence-corrected chi connectivity index (χ2v) is 5.49. The van der Waals surface area contributed by atoms with E-state index in [1.165, 1.54) is 0 Å². The van der Waals surface area contributed by atoms with Crippen molar-refractivity contribution in [3.05, 3.63) is 34.9 Å². The maximum Gasteiger partial charge on any atom is 0.223 e. The average Bonchev–Trinajstić information content (AvgIpc) is 2.98. The SMILES string of the molecule is O=C(CCNCC(O)c1ccccc1Cl)N1CCCC1. The summed E-state index contributed by atoms with van der Waals surface area (Å²) in [6.07, 6.45) is 2.06. The molecule has 1 atom stereocenters. The van der Waals surface area contributed by atoms with Crippen LogP contribution in [-0.2, 0) is 4.79 Å². The lowest BCUT2D eigenvalue weighted by Crippen LogP contribution is -2.31. The summed E-state index contributed by atoms with van der Waals surface area (Å²) in [7, 11) is 0. The molecule has 1 aromatic rings. The van der Waals surface area contributed by atoms with E-state index in [1.54, 1.807) is 6.07 Å². The Kier molecular flexibility index (Phi) is 5.83. The van der Waals surface area contributed by atoms with Gasteiger partial charge in [0.25, 0.3) is 0 Å². The normalized spacial score (nSPS) is 16.4. The summed E-state index contributed by atoms with van der Waals surface area (Å²) < 4.78 is 0. The van der Waals surface area contributed by atoms with E-state index in [1.807, 2.05) is 23.1 Å². The van der Waals surface area contributed by atoms with Gasteiger partial charge in [-0.1, -0.05) is 29.8 Å². The van der Waals surface area contributed by atoms with E-state index in [2.05, 4.69) is 5.32 Å². The number of nitrogens with zero attached hydrogens (tertiary/aromatic N) is 1. The number of hydrogen-bond acceptors (Lipinski definition) is 3. The molecular weight excluding hydrogens is 276 g/mol. The second kappa shape index (κ2) is 7.62. The van der Waals surface area contributed by atoms with Crippen LogP contribution in [0.25, 0.3) is 0 Å². The van der Waals surface area contributed by atoms with Crippen molar-refractivity contribution in [3.63, 3.8) is 0 Å². The fourth-order valence-corrected chi connectivity index (χ4v) is 2.68. The summed E-state index contributed by atoms with van der Waals surface area (Å²) in [6, 6.07) is 7.25. The van der Waals surface area contributed by atoms with Crippen LogP contribution in [0.2, 0.25) is 5.02 Å². The quantitative estimate of drug-likeness (QED) is 0.789. The fraction of sp³-hybridized carbons (Fsp3) is 0.533. The number of amides is 1. The Labute approximate surface area is 124 Å². The molecule has 1 aliphatic rings. The molecule has 0 bridgehead atoms. The maximum atomic E-state index is 11.8. The molecule has 20 heavy (non-hydrogen) atoms. The Bertz CT molecular complexity index is 447. The van der Waals surface area contributed by atoms with Gasteiger partial charge in [-0.25, -0.2) is 0 Å². The second-order valence-electron chi connectivity index (χ2n) is 5.08. The number of benzene rings is 1. The number of rotatable bonds is 6. The van der Waals surface area contributed by atoms with Crippen molar-refractivity contribution in [3.8, 4) is 0 Å². The van der Waals surface area contributed by atoms with E-state index in [9.17, 15) is 9.90 Å². The van der Waals surface area contributed by atoms with Crippen LogP contribution < -0.4 is 5.32 Å². The maximum absolute atomic E-state index is 11.8. The smallest absolute Gasteiger partial charge is 0.223 e. The molecule has 0 spiro atoms. The molecule has 1 aliphatic heterocycles. The van der Waals surface area contributed by atoms with E-state index >= 15 is 0 Å². The molecule has 1 amide bonds. The first kappa shape index (κ1) is 15.3. The van der Waals surface area contributed by atoms with Gasteiger partial charge in [-0.3, -0.25) is 4.79 Å². The highest BCUT2D eigenvalue weighted by molar-refractivity contribution is 6.31. The van der Waals surface area contributed by atoms with Crippen molar-refractivity contribution in [2.24, 2.45) is 0 Å². The molecule has 5 heteroatoms. The molecule has 1 aromatic carbocycles. The number of aliphatic hydroxyl groups is 1. The summed E-state index contributed by atoms with van der Waals surface area (Å²) in [5.41, 5.74) is 0.715. The standard InChI is InChI=1S/C15H21ClN2O2/c16-13-6-2-1-5-12(13)14(19)11-17-8-7-15(20)18-9-3-4-10-18/h1-2,5-6,14,17,19H,3-4,7-11H2. The van der Waals surface area contributed by atoms with Crippen molar-refractivity contribution in [2.45, 2.75) is 25.4 Å². The van der Waals surface area contributed by atoms with E-state index < -0.39 is 6.10 Å². The van der Waals surface area contributed by atoms with E-state index in [-0.39, 0.29) is 5.91 Å². The van der Waals surface area contributed by atoms with Crippen molar-refractivity contribution >= 4 is 17.5 Å². The number of likely N-dealkylation sites (tertiary alicyclic amines) is 1. The fourth-order valence-electron chi connectivity index (χ4n) is 2.41. The van der Waals surface area contributed by atoms with Gasteiger partial charge < -0.3 is 15.3 Å². The van der Waals surface area contributed by atoms with Crippen LogP contribution >= 0.6 is 11.6 Å². The molecular formula is C15H21ClN2O2. The van der Waals surface area contributed by atoms with Crippen molar-refractivity contribution in [1.29, 1.82) is 0 Å². The summed E-state index contributed by atoms with van der Waals surface area (Å²) in [5, 5.41) is 13.7. The Hall–Kier alpha value is -1.10. The van der Waals surface area contributed by atoms with Gasteiger partial charge in [0.05, 0.1) is 6.10 Å². The van der Waals surface area contributed by atoms with Crippen LogP contribution in [0.1, 0.15) is 30.9 Å². The van der Waals surface area contributed by atoms with Crippen molar-refractivity contribution in [1.82, 2.24) is 10.2 Å². The lowest BCUT2D eigenvalue weighted by Gasteiger charge is -2.16. The predicted molar refractivity (Wildman–Crippen MR) is 79.7 cm³/mol. The van der Waals surface area contributed by atoms with Gasteiger partial charge in [-0.05, 0) is 18.9 Å².